The Morgan fingerprint density at radius 2 is 1.89 bits per heavy atom. The summed E-state index contributed by atoms with van der Waals surface area (Å²) in [6.07, 6.45) is 5.08. The lowest BCUT2D eigenvalue weighted by molar-refractivity contribution is 0.0895. The third-order valence-corrected chi connectivity index (χ3v) is 4.44. The normalized spacial score (nSPS) is 24.6. The molecule has 1 saturated carbocycles. The second kappa shape index (κ2) is 6.05. The molecule has 0 amide bonds. The van der Waals surface area contributed by atoms with Crippen molar-refractivity contribution < 1.29 is 4.79 Å². The summed E-state index contributed by atoms with van der Waals surface area (Å²) in [6.45, 7) is 0. The molecule has 0 saturated heterocycles. The van der Waals surface area contributed by atoms with E-state index < -0.39 is 0 Å². The minimum absolute atomic E-state index is 0.0388. The van der Waals surface area contributed by atoms with Gasteiger partial charge in [-0.1, -0.05) is 48.5 Å². The number of hydrogen-bond donors (Lipinski definition) is 1. The van der Waals surface area contributed by atoms with Gasteiger partial charge in [-0.05, 0) is 25.0 Å². The van der Waals surface area contributed by atoms with Crippen molar-refractivity contribution in [2.24, 2.45) is 11.7 Å². The number of hydrogen-bond acceptors (Lipinski definition) is 2. The summed E-state index contributed by atoms with van der Waals surface area (Å²) in [5.74, 6) is -0.0830. The first-order chi connectivity index (χ1) is 8.61. The average molecular weight is 286 g/mol. The van der Waals surface area contributed by atoms with E-state index in [9.17, 15) is 4.79 Å². The van der Waals surface area contributed by atoms with E-state index in [1.165, 1.54) is 0 Å². The van der Waals surface area contributed by atoms with Gasteiger partial charge < -0.3 is 5.73 Å². The molecule has 1 aliphatic rings. The van der Waals surface area contributed by atoms with Gasteiger partial charge in [-0.15, -0.1) is 0 Å². The first kappa shape index (κ1) is 13.9. The average Bonchev–Trinajstić information content (AvgIpc) is 2.57. The predicted octanol–water partition coefficient (Wildman–Crippen LogP) is 4.08. The molecule has 1 aromatic carbocycles. The SMILES string of the molecule is NC1CCCCCC1C(=O)c1cccc(Cl)c1Cl. The molecule has 1 aliphatic carbocycles. The zero-order chi connectivity index (χ0) is 13.1. The molecule has 2 unspecified atom stereocenters. The maximum atomic E-state index is 12.5. The molecule has 0 aliphatic heterocycles. The van der Waals surface area contributed by atoms with Crippen LogP contribution in [0.4, 0.5) is 0 Å². The molecule has 4 heteroatoms. The molecule has 0 heterocycles. The number of Topliss-reactive ketones (excluding diaryl/α,β-unsaturated/α-hetero) is 1. The van der Waals surface area contributed by atoms with Gasteiger partial charge in [-0.3, -0.25) is 4.79 Å². The van der Waals surface area contributed by atoms with Gasteiger partial charge in [0.1, 0.15) is 0 Å². The van der Waals surface area contributed by atoms with Gasteiger partial charge in [-0.25, -0.2) is 0 Å². The number of benzene rings is 1. The zero-order valence-corrected chi connectivity index (χ0v) is 11.7. The summed E-state index contributed by atoms with van der Waals surface area (Å²) in [5, 5.41) is 0.769. The molecule has 0 radical (unpaired) electrons. The fraction of sp³-hybridized carbons (Fsp3) is 0.500. The van der Waals surface area contributed by atoms with E-state index in [-0.39, 0.29) is 17.7 Å². The van der Waals surface area contributed by atoms with Crippen LogP contribution in [-0.4, -0.2) is 11.8 Å². The molecule has 2 N–H and O–H groups in total. The van der Waals surface area contributed by atoms with E-state index in [0.717, 1.165) is 32.1 Å². The van der Waals surface area contributed by atoms with E-state index in [1.807, 2.05) is 0 Å². The Morgan fingerprint density at radius 3 is 2.67 bits per heavy atom. The highest BCUT2D eigenvalue weighted by atomic mass is 35.5. The third-order valence-electron chi connectivity index (χ3n) is 3.62. The van der Waals surface area contributed by atoms with E-state index >= 15 is 0 Å². The fourth-order valence-electron chi connectivity index (χ4n) is 2.56. The molecule has 2 rings (SSSR count). The molecule has 0 bridgehead atoms. The maximum absolute atomic E-state index is 12.5. The summed E-state index contributed by atoms with van der Waals surface area (Å²) in [4.78, 5) is 12.5. The highest BCUT2D eigenvalue weighted by Gasteiger charge is 2.29. The van der Waals surface area contributed by atoms with Crippen LogP contribution in [0.5, 0.6) is 0 Å². The fourth-order valence-corrected chi connectivity index (χ4v) is 2.95. The van der Waals surface area contributed by atoms with E-state index in [4.69, 9.17) is 28.9 Å². The van der Waals surface area contributed by atoms with Gasteiger partial charge in [-0.2, -0.15) is 0 Å². The molecular formula is C14H17Cl2NO. The van der Waals surface area contributed by atoms with Gasteiger partial charge >= 0.3 is 0 Å². The van der Waals surface area contributed by atoms with Crippen LogP contribution in [-0.2, 0) is 0 Å². The third kappa shape index (κ3) is 2.87. The number of halogens is 2. The Balaban J connectivity index is 2.26. The Bertz CT molecular complexity index is 447. The monoisotopic (exact) mass is 285 g/mol. The van der Waals surface area contributed by atoms with Crippen molar-refractivity contribution in [2.75, 3.05) is 0 Å². The van der Waals surface area contributed by atoms with Crippen molar-refractivity contribution in [3.8, 4) is 0 Å². The molecule has 18 heavy (non-hydrogen) atoms. The smallest absolute Gasteiger partial charge is 0.169 e. The van der Waals surface area contributed by atoms with Crippen LogP contribution in [0.3, 0.4) is 0 Å². The first-order valence-electron chi connectivity index (χ1n) is 6.35. The van der Waals surface area contributed by atoms with Crippen LogP contribution < -0.4 is 5.73 Å². The van der Waals surface area contributed by atoms with Gasteiger partial charge in [0.2, 0.25) is 0 Å². The van der Waals surface area contributed by atoms with Crippen molar-refractivity contribution in [1.82, 2.24) is 0 Å². The summed E-state index contributed by atoms with van der Waals surface area (Å²) < 4.78 is 0. The van der Waals surface area contributed by atoms with E-state index in [0.29, 0.717) is 15.6 Å². The number of carbonyl (C=O) groups is 1. The van der Waals surface area contributed by atoms with Gasteiger partial charge in [0.25, 0.3) is 0 Å². The minimum atomic E-state index is -0.122. The second-order valence-electron chi connectivity index (χ2n) is 4.87. The first-order valence-corrected chi connectivity index (χ1v) is 7.10. The van der Waals surface area contributed by atoms with Gasteiger partial charge in [0.15, 0.2) is 5.78 Å². The minimum Gasteiger partial charge on any atom is -0.327 e. The Labute approximate surface area is 117 Å². The Kier molecular flexibility index (Phi) is 4.66. The van der Waals surface area contributed by atoms with Crippen molar-refractivity contribution >= 4 is 29.0 Å². The number of ketones is 1. The second-order valence-corrected chi connectivity index (χ2v) is 5.66. The highest BCUT2D eigenvalue weighted by Crippen LogP contribution is 2.31. The summed E-state index contributed by atoms with van der Waals surface area (Å²) in [7, 11) is 0. The molecule has 1 aromatic rings. The highest BCUT2D eigenvalue weighted by molar-refractivity contribution is 6.44. The standard InChI is InChI=1S/C14H17Cl2NO/c15-11-7-4-6-10(13(11)16)14(18)9-5-2-1-3-8-12(9)17/h4,6-7,9,12H,1-3,5,8,17H2. The Morgan fingerprint density at radius 1 is 1.17 bits per heavy atom. The van der Waals surface area contributed by atoms with E-state index in [2.05, 4.69) is 0 Å². The molecule has 1 fully saturated rings. The molecular weight excluding hydrogens is 269 g/mol. The lowest BCUT2D eigenvalue weighted by atomic mass is 9.87. The quantitative estimate of drug-likeness (QED) is 0.657. The van der Waals surface area contributed by atoms with Crippen molar-refractivity contribution in [2.45, 2.75) is 38.1 Å². The van der Waals surface area contributed by atoms with Crippen LogP contribution >= 0.6 is 23.2 Å². The van der Waals surface area contributed by atoms with Crippen molar-refractivity contribution in [1.29, 1.82) is 0 Å². The Hall–Kier alpha value is -0.570. The number of nitrogens with two attached hydrogens (primary N) is 1. The zero-order valence-electron chi connectivity index (χ0n) is 10.2. The molecule has 0 spiro atoms. The van der Waals surface area contributed by atoms with Crippen molar-refractivity contribution in [3.05, 3.63) is 33.8 Å². The summed E-state index contributed by atoms with van der Waals surface area (Å²) in [6, 6.07) is 5.11. The van der Waals surface area contributed by atoms with Crippen LogP contribution in [0.2, 0.25) is 10.0 Å². The number of carbonyl (C=O) groups excluding carboxylic acids is 1. The van der Waals surface area contributed by atoms with Crippen LogP contribution in [0.15, 0.2) is 18.2 Å². The molecule has 2 nitrogen and oxygen atoms in total. The summed E-state index contributed by atoms with van der Waals surface area (Å²) in [5.41, 5.74) is 6.61. The van der Waals surface area contributed by atoms with Crippen molar-refractivity contribution in [3.63, 3.8) is 0 Å². The maximum Gasteiger partial charge on any atom is 0.169 e. The number of rotatable bonds is 2. The molecule has 98 valence electrons. The lowest BCUT2D eigenvalue weighted by Gasteiger charge is -2.20. The van der Waals surface area contributed by atoms with Crippen LogP contribution in [0.25, 0.3) is 0 Å². The summed E-state index contributed by atoms with van der Waals surface area (Å²) >= 11 is 12.1. The van der Waals surface area contributed by atoms with Gasteiger partial charge in [0.05, 0.1) is 10.0 Å². The van der Waals surface area contributed by atoms with Gasteiger partial charge in [0, 0.05) is 17.5 Å². The van der Waals surface area contributed by atoms with Crippen LogP contribution in [0, 0.1) is 5.92 Å². The van der Waals surface area contributed by atoms with E-state index in [1.54, 1.807) is 18.2 Å². The molecule has 0 aromatic heterocycles. The predicted molar refractivity (Wildman–Crippen MR) is 75.3 cm³/mol. The van der Waals surface area contributed by atoms with Crippen LogP contribution in [0.1, 0.15) is 42.5 Å². The largest absolute Gasteiger partial charge is 0.327 e. The lowest BCUT2D eigenvalue weighted by Crippen LogP contribution is -2.34. The molecule has 2 atom stereocenters. The topological polar surface area (TPSA) is 43.1 Å².